The average molecular weight is 320 g/mol. The summed E-state index contributed by atoms with van der Waals surface area (Å²) in [4.78, 5) is 15.8. The van der Waals surface area contributed by atoms with Gasteiger partial charge in [0, 0.05) is 18.9 Å². The first-order valence-corrected chi connectivity index (χ1v) is 7.94. The number of nitrogens with zero attached hydrogens (tertiary/aromatic N) is 1. The van der Waals surface area contributed by atoms with E-state index >= 15 is 0 Å². The summed E-state index contributed by atoms with van der Waals surface area (Å²) in [6.45, 7) is 2.12. The third kappa shape index (κ3) is 3.94. The maximum Gasteiger partial charge on any atom is 0.337 e. The Morgan fingerprint density at radius 3 is 2.65 bits per heavy atom. The Bertz CT molecular complexity index is 639. The number of sulfone groups is 1. The van der Waals surface area contributed by atoms with Crippen LogP contribution >= 0.6 is 11.6 Å². The minimum absolute atomic E-state index is 0.0181. The number of aromatic carboxylic acids is 1. The third-order valence-electron chi connectivity index (χ3n) is 2.40. The lowest BCUT2D eigenvalue weighted by Crippen LogP contribution is -2.08. The molecule has 0 spiro atoms. The zero-order valence-electron chi connectivity index (χ0n) is 11.0. The van der Waals surface area contributed by atoms with Crippen molar-refractivity contribution < 1.29 is 23.2 Å². The van der Waals surface area contributed by atoms with E-state index in [9.17, 15) is 13.2 Å². The van der Waals surface area contributed by atoms with Crippen LogP contribution in [0.25, 0.3) is 0 Å². The van der Waals surface area contributed by atoms with Gasteiger partial charge >= 0.3 is 5.97 Å². The highest BCUT2D eigenvalue weighted by Crippen LogP contribution is 2.28. The summed E-state index contributed by atoms with van der Waals surface area (Å²) >= 11 is 5.98. The van der Waals surface area contributed by atoms with Gasteiger partial charge in [0.25, 0.3) is 0 Å². The molecule has 1 aromatic carbocycles. The molecule has 0 radical (unpaired) electrons. The van der Waals surface area contributed by atoms with E-state index < -0.39 is 15.8 Å². The highest BCUT2D eigenvalue weighted by molar-refractivity contribution is 7.90. The lowest BCUT2D eigenvalue weighted by molar-refractivity contribution is 0.0697. The summed E-state index contributed by atoms with van der Waals surface area (Å²) in [5.74, 6) is -1.22. The van der Waals surface area contributed by atoms with Crippen molar-refractivity contribution in [2.45, 2.75) is 18.2 Å². The molecule has 1 rings (SSSR count). The molecule has 0 saturated heterocycles. The first kappa shape index (κ1) is 16.5. The van der Waals surface area contributed by atoms with E-state index in [4.69, 9.17) is 21.5 Å². The van der Waals surface area contributed by atoms with E-state index in [1.54, 1.807) is 6.92 Å². The summed E-state index contributed by atoms with van der Waals surface area (Å²) in [6, 6.07) is 2.40. The number of carbonyl (C=O) groups is 1. The van der Waals surface area contributed by atoms with Crippen LogP contribution in [0.5, 0.6) is 0 Å². The molecule has 8 heteroatoms. The zero-order chi connectivity index (χ0) is 15.3. The minimum Gasteiger partial charge on any atom is -0.478 e. The molecule has 0 heterocycles. The fraction of sp³-hybridized carbons (Fsp3) is 0.333. The van der Waals surface area contributed by atoms with Crippen LogP contribution in [-0.4, -0.2) is 38.6 Å². The molecule has 0 aromatic heterocycles. The van der Waals surface area contributed by atoms with Gasteiger partial charge in [0.05, 0.1) is 15.5 Å². The number of carboxylic acids is 1. The van der Waals surface area contributed by atoms with Gasteiger partial charge in [0.1, 0.15) is 6.61 Å². The highest BCUT2D eigenvalue weighted by Gasteiger charge is 2.20. The number of hydrogen-bond acceptors (Lipinski definition) is 5. The summed E-state index contributed by atoms with van der Waals surface area (Å²) in [5, 5.41) is 12.5. The maximum atomic E-state index is 11.7. The Balaban J connectivity index is 3.34. The average Bonchev–Trinajstić information content (AvgIpc) is 2.34. The van der Waals surface area contributed by atoms with Crippen molar-refractivity contribution in [2.75, 3.05) is 12.9 Å². The Morgan fingerprint density at radius 2 is 2.15 bits per heavy atom. The Morgan fingerprint density at radius 1 is 1.50 bits per heavy atom. The molecule has 1 N–H and O–H groups in total. The van der Waals surface area contributed by atoms with E-state index in [0.29, 0.717) is 6.61 Å². The van der Waals surface area contributed by atoms with Crippen molar-refractivity contribution in [3.8, 4) is 0 Å². The van der Waals surface area contributed by atoms with Gasteiger partial charge in [-0.15, -0.1) is 0 Å². The van der Waals surface area contributed by atoms with Crippen LogP contribution < -0.4 is 0 Å². The number of rotatable bonds is 6. The molecular weight excluding hydrogens is 306 g/mol. The van der Waals surface area contributed by atoms with Gasteiger partial charge in [0.15, 0.2) is 9.84 Å². The lowest BCUT2D eigenvalue weighted by Gasteiger charge is -2.10. The van der Waals surface area contributed by atoms with Crippen LogP contribution in [0.4, 0.5) is 0 Å². The molecule has 6 nitrogen and oxygen atoms in total. The van der Waals surface area contributed by atoms with Crippen molar-refractivity contribution in [1.82, 2.24) is 0 Å². The van der Waals surface area contributed by atoms with Crippen LogP contribution in [-0.2, 0) is 21.1 Å². The van der Waals surface area contributed by atoms with E-state index in [0.717, 1.165) is 6.26 Å². The van der Waals surface area contributed by atoms with Gasteiger partial charge in [-0.05, 0) is 24.6 Å². The monoisotopic (exact) mass is 319 g/mol. The number of hydrogen-bond donors (Lipinski definition) is 1. The van der Waals surface area contributed by atoms with Crippen LogP contribution in [0.1, 0.15) is 22.8 Å². The van der Waals surface area contributed by atoms with Crippen LogP contribution in [0.3, 0.4) is 0 Å². The van der Waals surface area contributed by atoms with E-state index in [-0.39, 0.29) is 27.5 Å². The molecule has 0 amide bonds. The van der Waals surface area contributed by atoms with Crippen molar-refractivity contribution in [1.29, 1.82) is 0 Å². The predicted octanol–water partition coefficient (Wildman–Crippen LogP) is 2.01. The highest BCUT2D eigenvalue weighted by atomic mass is 35.5. The van der Waals surface area contributed by atoms with Gasteiger partial charge in [-0.2, -0.15) is 0 Å². The van der Waals surface area contributed by atoms with Gasteiger partial charge in [0.2, 0.25) is 0 Å². The van der Waals surface area contributed by atoms with Crippen molar-refractivity contribution in [3.63, 3.8) is 0 Å². The van der Waals surface area contributed by atoms with E-state index in [2.05, 4.69) is 5.16 Å². The van der Waals surface area contributed by atoms with Crippen LogP contribution in [0.2, 0.25) is 5.02 Å². The SMILES string of the molecule is CCON=CCc1c(S(C)(=O)=O)ccc(C(=O)O)c1Cl. The quantitative estimate of drug-likeness (QED) is 0.639. The molecule has 0 atom stereocenters. The maximum absolute atomic E-state index is 11.7. The summed E-state index contributed by atoms with van der Waals surface area (Å²) < 4.78 is 23.4. The number of halogens is 1. The van der Waals surface area contributed by atoms with Crippen LogP contribution in [0, 0.1) is 0 Å². The topological polar surface area (TPSA) is 93.0 Å². The van der Waals surface area contributed by atoms with E-state index in [1.165, 1.54) is 18.3 Å². The Hall–Kier alpha value is -1.60. The molecule has 0 aliphatic heterocycles. The Labute approximate surface area is 121 Å². The fourth-order valence-electron chi connectivity index (χ4n) is 1.56. The number of benzene rings is 1. The standard InChI is InChI=1S/C12H14ClNO5S/c1-3-19-14-7-6-8-10(20(2,17)18)5-4-9(11(8)13)12(15)16/h4-5,7H,3,6H2,1-2H3,(H,15,16). The lowest BCUT2D eigenvalue weighted by atomic mass is 10.1. The summed E-state index contributed by atoms with van der Waals surface area (Å²) in [5.41, 5.74) is 0.0383. The molecule has 0 aliphatic carbocycles. The molecule has 1 aromatic rings. The van der Waals surface area contributed by atoms with Crippen molar-refractivity contribution in [2.24, 2.45) is 5.16 Å². The molecule has 0 unspecified atom stereocenters. The smallest absolute Gasteiger partial charge is 0.337 e. The van der Waals surface area contributed by atoms with Crippen molar-refractivity contribution >= 4 is 33.6 Å². The van der Waals surface area contributed by atoms with Gasteiger partial charge < -0.3 is 9.94 Å². The summed E-state index contributed by atoms with van der Waals surface area (Å²) in [6.07, 6.45) is 2.43. The second kappa shape index (κ2) is 6.71. The first-order valence-electron chi connectivity index (χ1n) is 5.67. The summed E-state index contributed by atoms with van der Waals surface area (Å²) in [7, 11) is -3.52. The van der Waals surface area contributed by atoms with E-state index in [1.807, 2.05) is 0 Å². The fourth-order valence-corrected chi connectivity index (χ4v) is 2.89. The molecule has 0 saturated carbocycles. The van der Waals surface area contributed by atoms with Gasteiger partial charge in [-0.1, -0.05) is 16.8 Å². The van der Waals surface area contributed by atoms with Crippen molar-refractivity contribution in [3.05, 3.63) is 28.3 Å². The van der Waals surface area contributed by atoms with Crippen LogP contribution in [0.15, 0.2) is 22.2 Å². The molecule has 0 aliphatic rings. The molecule has 110 valence electrons. The molecule has 0 fully saturated rings. The van der Waals surface area contributed by atoms with Gasteiger partial charge in [-0.3, -0.25) is 0 Å². The molecular formula is C12H14ClNO5S. The molecule has 20 heavy (non-hydrogen) atoms. The first-order chi connectivity index (χ1) is 9.29. The second-order valence-corrected chi connectivity index (χ2v) is 6.25. The molecule has 0 bridgehead atoms. The third-order valence-corrected chi connectivity index (χ3v) is 4.02. The number of carboxylic acid groups (broad SMARTS) is 1. The minimum atomic E-state index is -3.52. The van der Waals surface area contributed by atoms with Gasteiger partial charge in [-0.25, -0.2) is 13.2 Å². The normalized spacial score (nSPS) is 11.8. The number of oxime groups is 1. The second-order valence-electron chi connectivity index (χ2n) is 3.89. The zero-order valence-corrected chi connectivity index (χ0v) is 12.5. The Kier molecular flexibility index (Phi) is 5.52. The largest absolute Gasteiger partial charge is 0.478 e. The predicted molar refractivity (Wildman–Crippen MR) is 75.3 cm³/mol.